The van der Waals surface area contributed by atoms with Crippen LogP contribution in [0.15, 0.2) is 187 Å². The van der Waals surface area contributed by atoms with E-state index in [4.69, 9.17) is 9.98 Å². The molecule has 242 valence electrons. The molecule has 8 aromatic rings. The average molecular weight is 656 g/mol. The van der Waals surface area contributed by atoms with Gasteiger partial charge >= 0.3 is 0 Å². The summed E-state index contributed by atoms with van der Waals surface area (Å²) >= 11 is 0. The molecule has 0 saturated carbocycles. The number of fused-ring (bicyclic) bond motifs is 3. The molecule has 2 atom stereocenters. The van der Waals surface area contributed by atoms with Crippen LogP contribution in [0.5, 0.6) is 0 Å². The van der Waals surface area contributed by atoms with Gasteiger partial charge in [-0.15, -0.1) is 0 Å². The number of hydrogen-bond donors (Lipinski definition) is 1. The molecule has 51 heavy (non-hydrogen) atoms. The van der Waals surface area contributed by atoms with Crippen molar-refractivity contribution in [3.8, 4) is 17.1 Å². The summed E-state index contributed by atoms with van der Waals surface area (Å²) in [5, 5.41) is 3.89. The van der Waals surface area contributed by atoms with Gasteiger partial charge in [-0.2, -0.15) is 0 Å². The fourth-order valence-corrected chi connectivity index (χ4v) is 7.80. The van der Waals surface area contributed by atoms with E-state index < -0.39 is 0 Å². The number of aliphatic imine (C=N–C) groups is 1. The zero-order valence-electron chi connectivity index (χ0n) is 27.8. The number of anilines is 3. The van der Waals surface area contributed by atoms with Gasteiger partial charge in [0.1, 0.15) is 12.0 Å². The Bertz CT molecular complexity index is 2570. The maximum atomic E-state index is 5.38. The van der Waals surface area contributed by atoms with Gasteiger partial charge in [0.05, 0.1) is 39.7 Å². The number of nitrogens with one attached hydrogen (secondary N) is 1. The highest BCUT2D eigenvalue weighted by Gasteiger charge is 2.34. The second kappa shape index (κ2) is 12.0. The molecule has 5 nitrogen and oxygen atoms in total. The Hall–Kier alpha value is -6.72. The summed E-state index contributed by atoms with van der Waals surface area (Å²) in [7, 11) is 0. The van der Waals surface area contributed by atoms with Crippen molar-refractivity contribution in [1.29, 1.82) is 0 Å². The molecule has 1 aromatic heterocycles. The van der Waals surface area contributed by atoms with Crippen molar-refractivity contribution >= 4 is 39.5 Å². The Morgan fingerprint density at radius 1 is 0.529 bits per heavy atom. The summed E-state index contributed by atoms with van der Waals surface area (Å²) in [5.41, 5.74) is 14.2. The van der Waals surface area contributed by atoms with E-state index in [0.717, 1.165) is 67.7 Å². The van der Waals surface area contributed by atoms with Crippen LogP contribution < -0.4 is 10.2 Å². The highest BCUT2D eigenvalue weighted by molar-refractivity contribution is 6.12. The van der Waals surface area contributed by atoms with Gasteiger partial charge < -0.3 is 10.2 Å². The van der Waals surface area contributed by atoms with Crippen molar-refractivity contribution in [2.24, 2.45) is 4.99 Å². The van der Waals surface area contributed by atoms with E-state index in [1.807, 2.05) is 0 Å². The number of rotatable bonds is 6. The first-order valence-corrected chi connectivity index (χ1v) is 17.4. The highest BCUT2D eigenvalue weighted by atomic mass is 15.3. The monoisotopic (exact) mass is 655 g/mol. The van der Waals surface area contributed by atoms with Crippen molar-refractivity contribution in [1.82, 2.24) is 9.55 Å². The minimum atomic E-state index is -0.169. The summed E-state index contributed by atoms with van der Waals surface area (Å²) in [4.78, 5) is 13.1. The summed E-state index contributed by atoms with van der Waals surface area (Å²) in [5.74, 6) is 0.886. The van der Waals surface area contributed by atoms with Crippen molar-refractivity contribution in [2.75, 3.05) is 10.2 Å². The quantitative estimate of drug-likeness (QED) is 0.194. The van der Waals surface area contributed by atoms with E-state index in [1.165, 1.54) is 11.1 Å². The minimum Gasteiger partial charge on any atom is -0.359 e. The zero-order valence-corrected chi connectivity index (χ0v) is 27.8. The Morgan fingerprint density at radius 2 is 1.18 bits per heavy atom. The van der Waals surface area contributed by atoms with Crippen molar-refractivity contribution < 1.29 is 0 Å². The fraction of sp³-hybridized carbons (Fsp3) is 0.0435. The molecule has 2 aliphatic heterocycles. The summed E-state index contributed by atoms with van der Waals surface area (Å²) < 4.78 is 2.28. The standard InChI is InChI=1S/C46H33N5/c1-4-16-31(17-5-1)43-37-22-10-11-23-38(37)47-44(43)32-28-33(45-48-39-24-12-14-26-41(39)50(45)35-18-6-2-7-19-35)30-34(29-32)46-49-40-25-13-15-27-42(40)51(46)36-20-8-3-9-21-36/h1-30,43,45,48H. The molecule has 0 bridgehead atoms. The lowest BCUT2D eigenvalue weighted by Crippen LogP contribution is -2.24. The molecule has 2 unspecified atom stereocenters. The van der Waals surface area contributed by atoms with Gasteiger partial charge in [0.15, 0.2) is 0 Å². The van der Waals surface area contributed by atoms with Gasteiger partial charge in [-0.25, -0.2) is 4.98 Å². The van der Waals surface area contributed by atoms with Crippen molar-refractivity contribution in [3.63, 3.8) is 0 Å². The topological polar surface area (TPSA) is 45.5 Å². The van der Waals surface area contributed by atoms with E-state index in [9.17, 15) is 0 Å². The second-order valence-corrected chi connectivity index (χ2v) is 13.1. The summed E-state index contributed by atoms with van der Waals surface area (Å²) in [6, 6.07) is 64.3. The molecule has 0 fully saturated rings. The van der Waals surface area contributed by atoms with Gasteiger partial charge in [0, 0.05) is 16.9 Å². The number of para-hydroxylation sites is 7. The van der Waals surface area contributed by atoms with E-state index in [2.05, 4.69) is 197 Å². The predicted octanol–water partition coefficient (Wildman–Crippen LogP) is 11.2. The van der Waals surface area contributed by atoms with Gasteiger partial charge in [-0.3, -0.25) is 9.56 Å². The SMILES string of the molecule is c1ccc(C2C(c3cc(-c4nc5ccccc5n4-c4ccccc4)cc(C4Nc5ccccc5N4c4ccccc4)c3)=Nc3ccccc32)cc1. The number of benzene rings is 7. The third-order valence-corrected chi connectivity index (χ3v) is 10.0. The maximum Gasteiger partial charge on any atom is 0.145 e. The molecule has 0 aliphatic carbocycles. The lowest BCUT2D eigenvalue weighted by molar-refractivity contribution is 0.828. The van der Waals surface area contributed by atoms with Crippen LogP contribution in [0.1, 0.15) is 34.3 Å². The van der Waals surface area contributed by atoms with Gasteiger partial charge in [0.25, 0.3) is 0 Å². The fourth-order valence-electron chi connectivity index (χ4n) is 7.80. The van der Waals surface area contributed by atoms with Gasteiger partial charge in [-0.1, -0.05) is 109 Å². The molecule has 5 heteroatoms. The van der Waals surface area contributed by atoms with Gasteiger partial charge in [-0.05, 0) is 95.1 Å². The first kappa shape index (κ1) is 29.2. The minimum absolute atomic E-state index is 0.00241. The molecule has 0 radical (unpaired) electrons. The van der Waals surface area contributed by atoms with Crippen LogP contribution in [0, 0.1) is 0 Å². The first-order valence-electron chi connectivity index (χ1n) is 17.4. The van der Waals surface area contributed by atoms with Crippen LogP contribution in [-0.4, -0.2) is 15.3 Å². The second-order valence-electron chi connectivity index (χ2n) is 13.1. The lowest BCUT2D eigenvalue weighted by Gasteiger charge is -2.28. The summed E-state index contributed by atoms with van der Waals surface area (Å²) in [6.45, 7) is 0. The maximum absolute atomic E-state index is 5.38. The highest BCUT2D eigenvalue weighted by Crippen LogP contribution is 2.48. The van der Waals surface area contributed by atoms with Crippen LogP contribution in [-0.2, 0) is 0 Å². The largest absolute Gasteiger partial charge is 0.359 e. The van der Waals surface area contributed by atoms with Crippen molar-refractivity contribution in [2.45, 2.75) is 12.1 Å². The van der Waals surface area contributed by atoms with Crippen LogP contribution >= 0.6 is 0 Å². The van der Waals surface area contributed by atoms with E-state index >= 15 is 0 Å². The third-order valence-electron chi connectivity index (χ3n) is 10.0. The van der Waals surface area contributed by atoms with E-state index in [1.54, 1.807) is 0 Å². The smallest absolute Gasteiger partial charge is 0.145 e. The Morgan fingerprint density at radius 3 is 2.00 bits per heavy atom. The van der Waals surface area contributed by atoms with Gasteiger partial charge in [0.2, 0.25) is 0 Å². The predicted molar refractivity (Wildman–Crippen MR) is 209 cm³/mol. The van der Waals surface area contributed by atoms with E-state index in [-0.39, 0.29) is 12.1 Å². The number of aromatic nitrogens is 2. The first-order chi connectivity index (χ1) is 25.3. The zero-order chi connectivity index (χ0) is 33.7. The Kier molecular flexibility index (Phi) is 6.88. The number of hydrogen-bond acceptors (Lipinski definition) is 4. The molecule has 10 rings (SSSR count). The molecule has 1 N–H and O–H groups in total. The molecule has 0 saturated heterocycles. The Balaban J connectivity index is 1.23. The third kappa shape index (κ3) is 4.93. The van der Waals surface area contributed by atoms with Crippen LogP contribution in [0.25, 0.3) is 28.1 Å². The normalized spacial score (nSPS) is 16.1. The molecular weight excluding hydrogens is 623 g/mol. The molecule has 3 heterocycles. The average Bonchev–Trinajstić information content (AvgIpc) is 3.91. The van der Waals surface area contributed by atoms with Crippen LogP contribution in [0.2, 0.25) is 0 Å². The Labute approximate surface area is 296 Å². The summed E-state index contributed by atoms with van der Waals surface area (Å²) in [6.07, 6.45) is -0.169. The van der Waals surface area contributed by atoms with Crippen LogP contribution in [0.4, 0.5) is 22.7 Å². The molecule has 7 aromatic carbocycles. The molecule has 0 amide bonds. The van der Waals surface area contributed by atoms with Crippen LogP contribution in [0.3, 0.4) is 0 Å². The molecular formula is C46H33N5. The molecule has 0 spiro atoms. The lowest BCUT2D eigenvalue weighted by atomic mass is 9.85. The van der Waals surface area contributed by atoms with E-state index in [0.29, 0.717) is 0 Å². The molecule has 2 aliphatic rings. The number of nitrogens with zero attached hydrogens (tertiary/aromatic N) is 4. The number of imidazole rings is 1. The van der Waals surface area contributed by atoms with Crippen molar-refractivity contribution in [3.05, 3.63) is 204 Å².